The average molecular weight is 698 g/mol. The van der Waals surface area contributed by atoms with Crippen LogP contribution in [0.3, 0.4) is 0 Å². The Morgan fingerprint density at radius 2 is 1.62 bits per heavy atom. The third-order valence-electron chi connectivity index (χ3n) is 9.15. The number of carbonyl (C=O) groups is 1. The maximum atomic E-state index is 11.7. The van der Waals surface area contributed by atoms with Gasteiger partial charge in [-0.2, -0.15) is 0 Å². The maximum Gasteiger partial charge on any atom is 0.303 e. The van der Waals surface area contributed by atoms with Crippen LogP contribution in [0.1, 0.15) is 108 Å². The van der Waals surface area contributed by atoms with Crippen LogP contribution in [0.5, 0.6) is 5.75 Å². The maximum absolute atomic E-state index is 11.7. The molecule has 2 aromatic carbocycles. The van der Waals surface area contributed by atoms with Gasteiger partial charge in [0, 0.05) is 32.0 Å². The van der Waals surface area contributed by atoms with Crippen molar-refractivity contribution >= 4 is 5.97 Å². The molecule has 9 heteroatoms. The number of aromatic hydroxyl groups is 1. The van der Waals surface area contributed by atoms with E-state index >= 15 is 0 Å². The summed E-state index contributed by atoms with van der Waals surface area (Å²) in [5.41, 5.74) is 3.41. The highest BCUT2D eigenvalue weighted by molar-refractivity contribution is 5.66. The van der Waals surface area contributed by atoms with E-state index in [-0.39, 0.29) is 44.2 Å². The van der Waals surface area contributed by atoms with Crippen LogP contribution < -0.4 is 5.32 Å². The molecule has 4 atom stereocenters. The zero-order valence-electron chi connectivity index (χ0n) is 30.3. The Morgan fingerprint density at radius 3 is 2.30 bits per heavy atom. The Bertz CT molecular complexity index is 1290. The number of rotatable bonds is 27. The fourth-order valence-corrected chi connectivity index (χ4v) is 6.35. The first-order chi connectivity index (χ1) is 24.0. The summed E-state index contributed by atoms with van der Waals surface area (Å²) in [7, 11) is 0. The molecule has 50 heavy (non-hydrogen) atoms. The molecule has 0 unspecified atom stereocenters. The molecular formula is C41H63NO8. The molecule has 2 aromatic rings. The summed E-state index contributed by atoms with van der Waals surface area (Å²) in [5.74, 6) is -0.709. The van der Waals surface area contributed by atoms with Gasteiger partial charge in [-0.1, -0.05) is 94.0 Å². The lowest BCUT2D eigenvalue weighted by atomic mass is 9.87. The Labute approximate surface area is 299 Å². The second-order valence-electron chi connectivity index (χ2n) is 13.9. The summed E-state index contributed by atoms with van der Waals surface area (Å²) in [6.45, 7) is 3.57. The molecule has 8 N–H and O–H groups in total. The number of phenols is 1. The highest BCUT2D eigenvalue weighted by Gasteiger charge is 2.27. The van der Waals surface area contributed by atoms with Crippen LogP contribution in [0, 0.1) is 0 Å². The summed E-state index contributed by atoms with van der Waals surface area (Å²) in [6.07, 6.45) is 11.8. The number of aliphatic hydroxyl groups excluding tert-OH is 4. The zero-order chi connectivity index (χ0) is 36.8. The van der Waals surface area contributed by atoms with Gasteiger partial charge in [0.05, 0.1) is 24.4 Å². The number of aryl methyl sites for hydroxylation is 1. The van der Waals surface area contributed by atoms with Gasteiger partial charge in [-0.25, -0.2) is 0 Å². The Balaban J connectivity index is 2.48. The van der Waals surface area contributed by atoms with Crippen LogP contribution in [0.4, 0.5) is 0 Å². The van der Waals surface area contributed by atoms with Crippen LogP contribution in [-0.2, 0) is 24.1 Å². The van der Waals surface area contributed by atoms with E-state index in [0.717, 1.165) is 72.8 Å². The molecule has 0 aliphatic rings. The monoisotopic (exact) mass is 697 g/mol. The third-order valence-corrected chi connectivity index (χ3v) is 9.15. The van der Waals surface area contributed by atoms with Crippen molar-refractivity contribution in [3.8, 4) is 5.75 Å². The third kappa shape index (κ3) is 17.7. The molecule has 0 aliphatic carbocycles. The van der Waals surface area contributed by atoms with Gasteiger partial charge in [0.1, 0.15) is 5.75 Å². The van der Waals surface area contributed by atoms with Gasteiger partial charge < -0.3 is 41.1 Å². The quantitative estimate of drug-likeness (QED) is 0.0426. The zero-order valence-corrected chi connectivity index (χ0v) is 30.3. The highest BCUT2D eigenvalue weighted by Crippen LogP contribution is 2.27. The van der Waals surface area contributed by atoms with Gasteiger partial charge in [-0.3, -0.25) is 4.79 Å². The lowest BCUT2D eigenvalue weighted by Gasteiger charge is -2.31. The SMILES string of the molecule is CCCCC[C@H](O)/C=C/C(CCc1ccccc1)=C(\C[C@H](O)CO)[C@H](CCCCCCC(=O)O)NC[C@@](C)(O)Cc1ccc(O)cc1CCO. The van der Waals surface area contributed by atoms with Gasteiger partial charge in [0.2, 0.25) is 0 Å². The summed E-state index contributed by atoms with van der Waals surface area (Å²) in [4.78, 5) is 11.0. The molecule has 0 spiro atoms. The van der Waals surface area contributed by atoms with Crippen LogP contribution in [0.2, 0.25) is 0 Å². The molecule has 0 radical (unpaired) electrons. The summed E-state index contributed by atoms with van der Waals surface area (Å²) >= 11 is 0. The van der Waals surface area contributed by atoms with Crippen LogP contribution >= 0.6 is 0 Å². The first-order valence-electron chi connectivity index (χ1n) is 18.5. The fraction of sp³-hybridized carbons (Fsp3) is 0.585. The minimum atomic E-state index is -1.21. The number of unbranched alkanes of at least 4 members (excludes halogenated alkanes) is 5. The molecule has 280 valence electrons. The molecule has 0 aromatic heterocycles. The number of aliphatic carboxylic acids is 1. The van der Waals surface area contributed by atoms with Crippen molar-refractivity contribution in [2.24, 2.45) is 0 Å². The second kappa shape index (κ2) is 24.2. The van der Waals surface area contributed by atoms with Crippen molar-refractivity contribution in [2.75, 3.05) is 19.8 Å². The number of carboxylic acid groups (broad SMARTS) is 1. The van der Waals surface area contributed by atoms with Crippen molar-refractivity contribution < 1.29 is 40.5 Å². The average Bonchev–Trinajstić information content (AvgIpc) is 3.08. The molecule has 9 nitrogen and oxygen atoms in total. The number of hydrogen-bond donors (Lipinski definition) is 8. The number of benzene rings is 2. The van der Waals surface area contributed by atoms with Crippen molar-refractivity contribution in [1.29, 1.82) is 0 Å². The molecule has 0 saturated heterocycles. The standard InChI is InChI=1S/C41H63NO8/c1-3-4-8-15-35(45)22-20-32(19-18-31-13-9-7-10-14-31)38(27-37(47)29-44)39(16-11-5-6-12-17-40(48)49)42-30-41(2,50)28-34-21-23-36(46)26-33(34)24-25-43/h7,9-10,13-14,20-23,26,35,37,39,42-47,50H,3-6,8,11-12,15-19,24-25,27-30H2,1-2H3,(H,48,49)/b22-20+,38-32+/t35-,37-,39-,41-/m0/s1. The number of carboxylic acids is 1. The summed E-state index contributed by atoms with van der Waals surface area (Å²) in [6, 6.07) is 14.8. The first-order valence-corrected chi connectivity index (χ1v) is 18.5. The van der Waals surface area contributed by atoms with E-state index in [1.54, 1.807) is 25.1 Å². The lowest BCUT2D eigenvalue weighted by molar-refractivity contribution is -0.137. The van der Waals surface area contributed by atoms with Gasteiger partial charge in [-0.15, -0.1) is 0 Å². The molecule has 2 rings (SSSR count). The molecule has 0 amide bonds. The van der Waals surface area contributed by atoms with Crippen molar-refractivity contribution in [1.82, 2.24) is 5.32 Å². The number of nitrogens with one attached hydrogen (secondary N) is 1. The predicted octanol–water partition coefficient (Wildman–Crippen LogP) is 5.77. The first kappa shape index (κ1) is 43.1. The van der Waals surface area contributed by atoms with E-state index < -0.39 is 30.4 Å². The smallest absolute Gasteiger partial charge is 0.303 e. The van der Waals surface area contributed by atoms with Crippen LogP contribution in [0.15, 0.2) is 71.8 Å². The van der Waals surface area contributed by atoms with Gasteiger partial charge in [-0.05, 0) is 91.8 Å². The molecule has 0 fully saturated rings. The number of allylic oxidation sites excluding steroid dienone is 2. The largest absolute Gasteiger partial charge is 0.508 e. The lowest BCUT2D eigenvalue weighted by Crippen LogP contribution is -2.45. The van der Waals surface area contributed by atoms with Crippen LogP contribution in [0.25, 0.3) is 0 Å². The molecular weight excluding hydrogens is 634 g/mol. The Morgan fingerprint density at radius 1 is 0.900 bits per heavy atom. The minimum absolute atomic E-state index is 0.0840. The van der Waals surface area contributed by atoms with Crippen molar-refractivity contribution in [3.05, 3.63) is 88.5 Å². The minimum Gasteiger partial charge on any atom is -0.508 e. The molecule has 0 aliphatic heterocycles. The van der Waals surface area contributed by atoms with Crippen molar-refractivity contribution in [2.45, 2.75) is 134 Å². The van der Waals surface area contributed by atoms with Gasteiger partial charge >= 0.3 is 5.97 Å². The number of hydrogen-bond acceptors (Lipinski definition) is 8. The normalized spacial score (nSPS) is 15.4. The Kier molecular flexibility index (Phi) is 20.9. The van der Waals surface area contributed by atoms with E-state index in [9.17, 15) is 35.4 Å². The molecule has 0 heterocycles. The van der Waals surface area contributed by atoms with E-state index in [1.165, 1.54) is 0 Å². The fourth-order valence-electron chi connectivity index (χ4n) is 6.35. The number of aliphatic hydroxyl groups is 5. The highest BCUT2D eigenvalue weighted by atomic mass is 16.4. The topological polar surface area (TPSA) is 171 Å². The van der Waals surface area contributed by atoms with E-state index in [1.807, 2.05) is 30.4 Å². The Hall–Kier alpha value is -3.05. The van der Waals surface area contributed by atoms with E-state index in [2.05, 4.69) is 24.4 Å². The summed E-state index contributed by atoms with van der Waals surface area (Å²) < 4.78 is 0. The van der Waals surface area contributed by atoms with E-state index in [4.69, 9.17) is 5.11 Å². The molecule has 0 saturated carbocycles. The van der Waals surface area contributed by atoms with Crippen LogP contribution in [-0.4, -0.2) is 85.3 Å². The predicted molar refractivity (Wildman–Crippen MR) is 199 cm³/mol. The van der Waals surface area contributed by atoms with Gasteiger partial charge in [0.15, 0.2) is 0 Å². The van der Waals surface area contributed by atoms with Crippen molar-refractivity contribution in [3.63, 3.8) is 0 Å². The number of phenolic OH excluding ortho intramolecular Hbond substituents is 1. The second-order valence-corrected chi connectivity index (χ2v) is 13.9. The van der Waals surface area contributed by atoms with Gasteiger partial charge in [0.25, 0.3) is 0 Å². The summed E-state index contributed by atoms with van der Waals surface area (Å²) in [5, 5.41) is 75.5. The molecule has 0 bridgehead atoms. The van der Waals surface area contributed by atoms with E-state index in [0.29, 0.717) is 32.1 Å².